The maximum absolute atomic E-state index is 4.89. The highest BCUT2D eigenvalue weighted by Crippen LogP contribution is 2.27. The third kappa shape index (κ3) is 1.71. The topological polar surface area (TPSA) is 38.9 Å². The Morgan fingerprint density at radius 1 is 1.62 bits per heavy atom. The quantitative estimate of drug-likeness (QED) is 0.829. The molecule has 13 heavy (non-hydrogen) atoms. The average Bonchev–Trinajstić information content (AvgIpc) is 2.71. The Labute approximate surface area is 87.2 Å². The molecule has 0 saturated carbocycles. The van der Waals surface area contributed by atoms with Gasteiger partial charge in [0.15, 0.2) is 0 Å². The van der Waals surface area contributed by atoms with E-state index in [2.05, 4.69) is 32.6 Å². The molecule has 66 valence electrons. The van der Waals surface area contributed by atoms with Gasteiger partial charge in [0.05, 0.1) is 4.88 Å². The van der Waals surface area contributed by atoms with E-state index in [-0.39, 0.29) is 0 Å². The zero-order valence-electron chi connectivity index (χ0n) is 6.53. The Hall–Kier alpha value is -0.940. The molecule has 0 unspecified atom stereocenters. The summed E-state index contributed by atoms with van der Waals surface area (Å²) in [5.41, 5.74) is 0. The number of hydrogen-bond donors (Lipinski definition) is 0. The van der Waals surface area contributed by atoms with Crippen molar-refractivity contribution in [2.24, 2.45) is 0 Å². The maximum atomic E-state index is 4.89. The van der Waals surface area contributed by atoms with Crippen molar-refractivity contribution in [2.45, 2.75) is 0 Å². The van der Waals surface area contributed by atoms with Gasteiger partial charge in [-0.25, -0.2) is 0 Å². The molecule has 2 aromatic rings. The SMILES string of the molecule is C=Cc1nc(-c2cc(Br)cs2)no1. The fraction of sp³-hybridized carbons (Fsp3) is 0. The maximum Gasteiger partial charge on any atom is 0.250 e. The predicted molar refractivity (Wildman–Crippen MR) is 55.4 cm³/mol. The molecule has 0 fully saturated rings. The lowest BCUT2D eigenvalue weighted by atomic mass is 10.4. The van der Waals surface area contributed by atoms with Crippen molar-refractivity contribution in [3.05, 3.63) is 28.4 Å². The third-order valence-corrected chi connectivity index (χ3v) is 3.09. The minimum Gasteiger partial charge on any atom is -0.334 e. The van der Waals surface area contributed by atoms with Gasteiger partial charge >= 0.3 is 0 Å². The molecule has 2 aromatic heterocycles. The normalized spacial score (nSPS) is 10.2. The molecule has 0 radical (unpaired) electrons. The second-order valence-electron chi connectivity index (χ2n) is 2.29. The summed E-state index contributed by atoms with van der Waals surface area (Å²) >= 11 is 4.92. The number of aromatic nitrogens is 2. The van der Waals surface area contributed by atoms with Crippen molar-refractivity contribution in [3.63, 3.8) is 0 Å². The molecule has 0 spiro atoms. The fourth-order valence-corrected chi connectivity index (χ4v) is 2.20. The summed E-state index contributed by atoms with van der Waals surface area (Å²) in [6, 6.07) is 1.95. The van der Waals surface area contributed by atoms with E-state index in [9.17, 15) is 0 Å². The Morgan fingerprint density at radius 3 is 3.00 bits per heavy atom. The number of thiophene rings is 1. The monoisotopic (exact) mass is 256 g/mol. The van der Waals surface area contributed by atoms with Gasteiger partial charge < -0.3 is 4.52 Å². The first-order valence-electron chi connectivity index (χ1n) is 3.50. The van der Waals surface area contributed by atoms with E-state index in [1.165, 1.54) is 6.08 Å². The van der Waals surface area contributed by atoms with E-state index < -0.39 is 0 Å². The van der Waals surface area contributed by atoms with Crippen LogP contribution in [0, 0.1) is 0 Å². The molecule has 0 aromatic carbocycles. The summed E-state index contributed by atoms with van der Waals surface area (Å²) in [6.07, 6.45) is 1.53. The van der Waals surface area contributed by atoms with E-state index in [1.807, 2.05) is 11.4 Å². The molecule has 0 bridgehead atoms. The van der Waals surface area contributed by atoms with E-state index in [1.54, 1.807) is 11.3 Å². The predicted octanol–water partition coefficient (Wildman–Crippen LogP) is 3.20. The Balaban J connectivity index is 2.40. The molecule has 0 aliphatic rings. The summed E-state index contributed by atoms with van der Waals surface area (Å²) in [7, 11) is 0. The van der Waals surface area contributed by atoms with E-state index in [0.717, 1.165) is 9.35 Å². The second-order valence-corrected chi connectivity index (χ2v) is 4.12. The molecule has 2 heterocycles. The van der Waals surface area contributed by atoms with Crippen LogP contribution in [-0.4, -0.2) is 10.1 Å². The van der Waals surface area contributed by atoms with Crippen LogP contribution in [0.3, 0.4) is 0 Å². The van der Waals surface area contributed by atoms with Crippen LogP contribution in [0.25, 0.3) is 16.8 Å². The van der Waals surface area contributed by atoms with E-state index in [4.69, 9.17) is 4.52 Å². The second kappa shape index (κ2) is 3.43. The van der Waals surface area contributed by atoms with Crippen LogP contribution in [0.5, 0.6) is 0 Å². The number of rotatable bonds is 2. The number of nitrogens with zero attached hydrogens (tertiary/aromatic N) is 2. The van der Waals surface area contributed by atoms with Gasteiger partial charge in [-0.1, -0.05) is 11.7 Å². The first-order valence-corrected chi connectivity index (χ1v) is 5.17. The molecule has 0 atom stereocenters. The van der Waals surface area contributed by atoms with Crippen LogP contribution in [-0.2, 0) is 0 Å². The Morgan fingerprint density at radius 2 is 2.46 bits per heavy atom. The van der Waals surface area contributed by atoms with Gasteiger partial charge in [-0.15, -0.1) is 11.3 Å². The molecule has 0 N–H and O–H groups in total. The molecule has 2 rings (SSSR count). The molecule has 0 saturated heterocycles. The van der Waals surface area contributed by atoms with E-state index in [0.29, 0.717) is 11.7 Å². The lowest BCUT2D eigenvalue weighted by Gasteiger charge is -1.81. The summed E-state index contributed by atoms with van der Waals surface area (Å²) < 4.78 is 5.92. The van der Waals surface area contributed by atoms with Crippen molar-refractivity contribution < 1.29 is 4.52 Å². The third-order valence-electron chi connectivity index (χ3n) is 1.40. The molecule has 0 amide bonds. The largest absolute Gasteiger partial charge is 0.334 e. The zero-order chi connectivity index (χ0) is 9.26. The van der Waals surface area contributed by atoms with Gasteiger partial charge in [0, 0.05) is 9.85 Å². The van der Waals surface area contributed by atoms with Gasteiger partial charge in [0.25, 0.3) is 0 Å². The van der Waals surface area contributed by atoms with Gasteiger partial charge in [-0.3, -0.25) is 0 Å². The molecule has 0 aliphatic carbocycles. The van der Waals surface area contributed by atoms with Crippen LogP contribution < -0.4 is 0 Å². The fourth-order valence-electron chi connectivity index (χ4n) is 0.849. The highest BCUT2D eigenvalue weighted by atomic mass is 79.9. The minimum atomic E-state index is 0.444. The number of hydrogen-bond acceptors (Lipinski definition) is 4. The standard InChI is InChI=1S/C8H5BrN2OS/c1-2-7-10-8(11-12-7)6-3-5(9)4-13-6/h2-4H,1H2. The van der Waals surface area contributed by atoms with Gasteiger partial charge in [0.1, 0.15) is 0 Å². The van der Waals surface area contributed by atoms with Crippen molar-refractivity contribution >= 4 is 33.3 Å². The molecule has 0 aliphatic heterocycles. The van der Waals surface area contributed by atoms with Crippen molar-refractivity contribution in [1.29, 1.82) is 0 Å². The lowest BCUT2D eigenvalue weighted by Crippen LogP contribution is -1.73. The van der Waals surface area contributed by atoms with Crippen LogP contribution >= 0.6 is 27.3 Å². The van der Waals surface area contributed by atoms with E-state index >= 15 is 0 Å². The first-order chi connectivity index (χ1) is 6.29. The van der Waals surface area contributed by atoms with Crippen LogP contribution in [0.2, 0.25) is 0 Å². The first kappa shape index (κ1) is 8.65. The molecular formula is C8H5BrN2OS. The average molecular weight is 257 g/mol. The van der Waals surface area contributed by atoms with Gasteiger partial charge in [0.2, 0.25) is 11.7 Å². The Bertz CT molecular complexity index is 435. The summed E-state index contributed by atoms with van der Waals surface area (Å²) in [4.78, 5) is 5.08. The summed E-state index contributed by atoms with van der Waals surface area (Å²) in [6.45, 7) is 3.54. The Kier molecular flexibility index (Phi) is 2.28. The van der Waals surface area contributed by atoms with Crippen LogP contribution in [0.15, 0.2) is 27.0 Å². The molecular weight excluding hydrogens is 252 g/mol. The van der Waals surface area contributed by atoms with Crippen molar-refractivity contribution in [3.8, 4) is 10.7 Å². The highest BCUT2D eigenvalue weighted by molar-refractivity contribution is 9.10. The number of halogens is 1. The summed E-state index contributed by atoms with van der Waals surface area (Å²) in [5, 5.41) is 5.77. The van der Waals surface area contributed by atoms with Crippen molar-refractivity contribution in [2.75, 3.05) is 0 Å². The molecule has 5 heteroatoms. The zero-order valence-corrected chi connectivity index (χ0v) is 8.93. The smallest absolute Gasteiger partial charge is 0.250 e. The van der Waals surface area contributed by atoms with Crippen LogP contribution in [0.4, 0.5) is 0 Å². The highest BCUT2D eigenvalue weighted by Gasteiger charge is 2.07. The lowest BCUT2D eigenvalue weighted by molar-refractivity contribution is 0.411. The van der Waals surface area contributed by atoms with Crippen LogP contribution in [0.1, 0.15) is 5.89 Å². The minimum absolute atomic E-state index is 0.444. The van der Waals surface area contributed by atoms with Crippen molar-refractivity contribution in [1.82, 2.24) is 10.1 Å². The van der Waals surface area contributed by atoms with Gasteiger partial charge in [-0.2, -0.15) is 4.98 Å². The van der Waals surface area contributed by atoms with Gasteiger partial charge in [-0.05, 0) is 28.1 Å². The summed E-state index contributed by atoms with van der Waals surface area (Å²) in [5.74, 6) is 1.05. The molecule has 3 nitrogen and oxygen atoms in total.